The van der Waals surface area contributed by atoms with Gasteiger partial charge < -0.3 is 0 Å². The van der Waals surface area contributed by atoms with E-state index in [1.54, 1.807) is 11.8 Å². The van der Waals surface area contributed by atoms with Crippen LogP contribution in [0.15, 0.2) is 53.4 Å². The van der Waals surface area contributed by atoms with Crippen molar-refractivity contribution >= 4 is 11.8 Å². The second-order valence-corrected chi connectivity index (χ2v) is 6.37. The Balaban J connectivity index is 1.92. The molecule has 0 saturated carbocycles. The smallest absolute Gasteiger partial charge is 0.0249 e. The van der Waals surface area contributed by atoms with Crippen LogP contribution in [0.4, 0.5) is 0 Å². The van der Waals surface area contributed by atoms with Crippen LogP contribution in [0.5, 0.6) is 0 Å². The van der Waals surface area contributed by atoms with Gasteiger partial charge in [-0.05, 0) is 61.1 Å². The number of hydrogen-bond acceptors (Lipinski definition) is 1. The largest absolute Gasteiger partial charge is 0.130 e. The molecule has 114 valence electrons. The fraction of sp³-hybridized carbons (Fsp3) is 0.333. The van der Waals surface area contributed by atoms with Crippen molar-refractivity contribution in [3.63, 3.8) is 0 Å². The molecule has 0 aromatic heterocycles. The summed E-state index contributed by atoms with van der Waals surface area (Å²) in [6.45, 7) is 2.25. The molecule has 0 bridgehead atoms. The van der Waals surface area contributed by atoms with E-state index < -0.39 is 0 Å². The summed E-state index contributed by atoms with van der Waals surface area (Å²) in [6, 6.07) is 17.1. The van der Waals surface area contributed by atoms with Gasteiger partial charge in [0.1, 0.15) is 0 Å². The SMILES string of the molecule is CCCCCCc1ccc(C#Cc2ccc(SC)cc2)cc1. The van der Waals surface area contributed by atoms with Gasteiger partial charge in [-0.15, -0.1) is 11.8 Å². The Labute approximate surface area is 139 Å². The number of thioether (sulfide) groups is 1. The van der Waals surface area contributed by atoms with Crippen molar-refractivity contribution in [2.75, 3.05) is 6.26 Å². The van der Waals surface area contributed by atoms with Crippen LogP contribution in [0.1, 0.15) is 49.3 Å². The summed E-state index contributed by atoms with van der Waals surface area (Å²) < 4.78 is 0. The Bertz CT molecular complexity index is 612. The Kier molecular flexibility index (Phi) is 7.13. The maximum Gasteiger partial charge on any atom is 0.0249 e. The average Bonchev–Trinajstić information content (AvgIpc) is 2.58. The second kappa shape index (κ2) is 9.38. The van der Waals surface area contributed by atoms with Crippen molar-refractivity contribution in [3.8, 4) is 11.8 Å². The molecule has 0 nitrogen and oxygen atoms in total. The predicted octanol–water partition coefficient (Wildman–Crippen LogP) is 5.93. The number of hydrogen-bond donors (Lipinski definition) is 0. The zero-order valence-corrected chi connectivity index (χ0v) is 14.4. The standard InChI is InChI=1S/C21H24S/c1-3-4-5-6-7-18-8-10-19(11-9-18)12-13-20-14-16-21(22-2)17-15-20/h8-11,14-17H,3-7H2,1-2H3. The van der Waals surface area contributed by atoms with Gasteiger partial charge in [-0.1, -0.05) is 50.2 Å². The highest BCUT2D eigenvalue weighted by molar-refractivity contribution is 7.98. The Morgan fingerprint density at radius 2 is 1.36 bits per heavy atom. The Morgan fingerprint density at radius 1 is 0.773 bits per heavy atom. The minimum atomic E-state index is 1.07. The summed E-state index contributed by atoms with van der Waals surface area (Å²) in [5.41, 5.74) is 3.58. The quantitative estimate of drug-likeness (QED) is 0.362. The van der Waals surface area contributed by atoms with E-state index in [4.69, 9.17) is 0 Å². The molecule has 0 heterocycles. The van der Waals surface area contributed by atoms with E-state index in [9.17, 15) is 0 Å². The van der Waals surface area contributed by atoms with Gasteiger partial charge in [0, 0.05) is 16.0 Å². The highest BCUT2D eigenvalue weighted by Crippen LogP contribution is 2.14. The molecule has 0 amide bonds. The molecule has 0 aliphatic carbocycles. The maximum atomic E-state index is 3.25. The molecule has 22 heavy (non-hydrogen) atoms. The van der Waals surface area contributed by atoms with E-state index in [2.05, 4.69) is 73.6 Å². The minimum Gasteiger partial charge on any atom is -0.130 e. The molecule has 0 atom stereocenters. The third-order valence-corrected chi connectivity index (χ3v) is 4.46. The van der Waals surface area contributed by atoms with Crippen molar-refractivity contribution in [2.45, 2.75) is 43.9 Å². The zero-order chi connectivity index (χ0) is 15.6. The van der Waals surface area contributed by atoms with Crippen molar-refractivity contribution in [2.24, 2.45) is 0 Å². The molecule has 2 rings (SSSR count). The lowest BCUT2D eigenvalue weighted by atomic mass is 10.0. The number of benzene rings is 2. The molecular weight excluding hydrogens is 284 g/mol. The first-order valence-electron chi connectivity index (χ1n) is 8.07. The molecule has 2 aromatic carbocycles. The molecule has 0 fully saturated rings. The van der Waals surface area contributed by atoms with Gasteiger partial charge in [0.2, 0.25) is 0 Å². The molecule has 1 heteroatoms. The second-order valence-electron chi connectivity index (χ2n) is 5.49. The highest BCUT2D eigenvalue weighted by atomic mass is 32.2. The van der Waals surface area contributed by atoms with Crippen LogP contribution in [0.25, 0.3) is 0 Å². The van der Waals surface area contributed by atoms with Crippen LogP contribution < -0.4 is 0 Å². The van der Waals surface area contributed by atoms with Crippen LogP contribution in [-0.4, -0.2) is 6.26 Å². The van der Waals surface area contributed by atoms with Crippen LogP contribution in [0.2, 0.25) is 0 Å². The highest BCUT2D eigenvalue weighted by Gasteiger charge is 1.94. The van der Waals surface area contributed by atoms with E-state index in [1.165, 1.54) is 42.6 Å². The molecule has 0 aliphatic heterocycles. The number of rotatable bonds is 6. The topological polar surface area (TPSA) is 0 Å². The summed E-state index contributed by atoms with van der Waals surface area (Å²) in [5, 5.41) is 0. The first-order valence-corrected chi connectivity index (χ1v) is 9.29. The zero-order valence-electron chi connectivity index (χ0n) is 13.6. The fourth-order valence-electron chi connectivity index (χ4n) is 2.33. The lowest BCUT2D eigenvalue weighted by molar-refractivity contribution is 0.667. The van der Waals surface area contributed by atoms with E-state index in [0.717, 1.165) is 11.1 Å². The monoisotopic (exact) mass is 308 g/mol. The maximum absolute atomic E-state index is 3.25. The van der Waals surface area contributed by atoms with Gasteiger partial charge >= 0.3 is 0 Å². The van der Waals surface area contributed by atoms with E-state index in [-0.39, 0.29) is 0 Å². The molecule has 0 spiro atoms. The van der Waals surface area contributed by atoms with Crippen molar-refractivity contribution in [3.05, 3.63) is 65.2 Å². The molecule has 0 saturated heterocycles. The van der Waals surface area contributed by atoms with Gasteiger partial charge in [0.15, 0.2) is 0 Å². The van der Waals surface area contributed by atoms with Crippen LogP contribution in [-0.2, 0) is 6.42 Å². The van der Waals surface area contributed by atoms with E-state index in [0.29, 0.717) is 0 Å². The van der Waals surface area contributed by atoms with Crippen molar-refractivity contribution < 1.29 is 0 Å². The van der Waals surface area contributed by atoms with Gasteiger partial charge in [0.05, 0.1) is 0 Å². The first-order chi connectivity index (χ1) is 10.8. The lowest BCUT2D eigenvalue weighted by Gasteiger charge is -2.01. The Hall–Kier alpha value is -1.65. The Morgan fingerprint density at radius 3 is 1.91 bits per heavy atom. The van der Waals surface area contributed by atoms with Crippen LogP contribution in [0, 0.1) is 11.8 Å². The molecule has 0 unspecified atom stereocenters. The lowest BCUT2D eigenvalue weighted by Crippen LogP contribution is -1.86. The molecule has 2 aromatic rings. The van der Waals surface area contributed by atoms with Gasteiger partial charge in [-0.25, -0.2) is 0 Å². The third-order valence-electron chi connectivity index (χ3n) is 3.71. The van der Waals surface area contributed by atoms with Gasteiger partial charge in [-0.2, -0.15) is 0 Å². The first kappa shape index (κ1) is 16.7. The number of unbranched alkanes of at least 4 members (excludes halogenated alkanes) is 3. The van der Waals surface area contributed by atoms with Crippen LogP contribution >= 0.6 is 11.8 Å². The van der Waals surface area contributed by atoms with E-state index >= 15 is 0 Å². The van der Waals surface area contributed by atoms with Gasteiger partial charge in [0.25, 0.3) is 0 Å². The van der Waals surface area contributed by atoms with Crippen molar-refractivity contribution in [1.29, 1.82) is 0 Å². The molecule has 0 radical (unpaired) electrons. The fourth-order valence-corrected chi connectivity index (χ4v) is 2.74. The third kappa shape index (κ3) is 5.62. The average molecular weight is 308 g/mol. The van der Waals surface area contributed by atoms with Crippen molar-refractivity contribution in [1.82, 2.24) is 0 Å². The van der Waals surface area contributed by atoms with E-state index in [1.807, 2.05) is 0 Å². The summed E-state index contributed by atoms with van der Waals surface area (Å²) in [5.74, 6) is 6.48. The predicted molar refractivity (Wildman–Crippen MR) is 98.5 cm³/mol. The van der Waals surface area contributed by atoms with Gasteiger partial charge in [-0.3, -0.25) is 0 Å². The summed E-state index contributed by atoms with van der Waals surface area (Å²) in [4.78, 5) is 1.28. The minimum absolute atomic E-state index is 1.07. The number of aryl methyl sites for hydroxylation is 1. The summed E-state index contributed by atoms with van der Waals surface area (Å²) in [6.07, 6.45) is 8.55. The van der Waals surface area contributed by atoms with Crippen LogP contribution in [0.3, 0.4) is 0 Å². The molecular formula is C21H24S. The molecule has 0 aliphatic rings. The molecule has 0 N–H and O–H groups in total. The summed E-state index contributed by atoms with van der Waals surface area (Å²) in [7, 11) is 0. The summed E-state index contributed by atoms with van der Waals surface area (Å²) >= 11 is 1.75. The normalized spacial score (nSPS) is 10.1.